The summed E-state index contributed by atoms with van der Waals surface area (Å²) in [6.45, 7) is 2.18. The van der Waals surface area contributed by atoms with Gasteiger partial charge < -0.3 is 5.73 Å². The largest absolute Gasteiger partial charge is 0.327 e. The molecule has 90 valence electrons. The molecule has 2 N–H and O–H groups in total. The third kappa shape index (κ3) is 1.67. The number of nitrogens with two attached hydrogens (primary N) is 1. The average molecular weight is 250 g/mol. The summed E-state index contributed by atoms with van der Waals surface area (Å²) in [5, 5.41) is 1.06. The predicted molar refractivity (Wildman–Crippen MR) is 68.8 cm³/mol. The van der Waals surface area contributed by atoms with Gasteiger partial charge in [0, 0.05) is 11.5 Å². The van der Waals surface area contributed by atoms with Crippen LogP contribution >= 0.6 is 11.3 Å². The molecule has 0 saturated heterocycles. The maximum absolute atomic E-state index is 13.1. The summed E-state index contributed by atoms with van der Waals surface area (Å²) in [4.78, 5) is 4.63. The minimum atomic E-state index is -0.200. The lowest BCUT2D eigenvalue weighted by Gasteiger charge is -2.26. The van der Waals surface area contributed by atoms with Crippen molar-refractivity contribution in [2.45, 2.75) is 37.6 Å². The van der Waals surface area contributed by atoms with Crippen molar-refractivity contribution in [3.63, 3.8) is 0 Å². The van der Waals surface area contributed by atoms with E-state index in [4.69, 9.17) is 5.73 Å². The van der Waals surface area contributed by atoms with Crippen molar-refractivity contribution in [1.29, 1.82) is 0 Å². The molecule has 1 aromatic carbocycles. The smallest absolute Gasteiger partial charge is 0.124 e. The van der Waals surface area contributed by atoms with Gasteiger partial charge in [-0.1, -0.05) is 13.3 Å². The normalized spacial score (nSPS) is 29.0. The Hall–Kier alpha value is -1.00. The fourth-order valence-electron chi connectivity index (χ4n) is 2.60. The number of thiazole rings is 1. The molecular weight excluding hydrogens is 235 g/mol. The first-order valence-corrected chi connectivity index (χ1v) is 6.73. The summed E-state index contributed by atoms with van der Waals surface area (Å²) in [6, 6.07) is 4.94. The first kappa shape index (κ1) is 11.1. The molecule has 0 radical (unpaired) electrons. The zero-order valence-electron chi connectivity index (χ0n) is 9.74. The van der Waals surface area contributed by atoms with Crippen LogP contribution in [0.4, 0.5) is 4.39 Å². The van der Waals surface area contributed by atoms with Crippen LogP contribution in [0.3, 0.4) is 0 Å². The van der Waals surface area contributed by atoms with E-state index in [9.17, 15) is 4.39 Å². The number of benzene rings is 1. The van der Waals surface area contributed by atoms with Crippen LogP contribution in [-0.2, 0) is 5.41 Å². The van der Waals surface area contributed by atoms with Gasteiger partial charge in [-0.05, 0) is 31.0 Å². The van der Waals surface area contributed by atoms with Gasteiger partial charge in [0.2, 0.25) is 0 Å². The Kier molecular flexibility index (Phi) is 2.45. The molecule has 1 aliphatic rings. The minimum Gasteiger partial charge on any atom is -0.327 e. The summed E-state index contributed by atoms with van der Waals surface area (Å²) >= 11 is 1.58. The third-order valence-corrected chi connectivity index (χ3v) is 5.17. The van der Waals surface area contributed by atoms with Gasteiger partial charge in [0.1, 0.15) is 10.8 Å². The first-order chi connectivity index (χ1) is 8.09. The summed E-state index contributed by atoms with van der Waals surface area (Å²) in [5.41, 5.74) is 7.04. The van der Waals surface area contributed by atoms with Gasteiger partial charge >= 0.3 is 0 Å². The highest BCUT2D eigenvalue weighted by molar-refractivity contribution is 7.18. The predicted octanol–water partition coefficient (Wildman–Crippen LogP) is 3.20. The van der Waals surface area contributed by atoms with Crippen LogP contribution in [0.25, 0.3) is 10.2 Å². The summed E-state index contributed by atoms with van der Waals surface area (Å²) in [7, 11) is 0. The second kappa shape index (κ2) is 3.75. The summed E-state index contributed by atoms with van der Waals surface area (Å²) < 4.78 is 14.1. The van der Waals surface area contributed by atoms with Crippen LogP contribution in [0.2, 0.25) is 0 Å². The number of nitrogens with zero attached hydrogens (tertiary/aromatic N) is 1. The molecule has 1 saturated carbocycles. The van der Waals surface area contributed by atoms with Crippen molar-refractivity contribution in [3.8, 4) is 0 Å². The standard InChI is InChI=1S/C13H15FN2S/c1-13(6-2-3-11(13)15)12-16-9-5-4-8(14)7-10(9)17-12/h4-5,7,11H,2-3,6,15H2,1H3. The molecular formula is C13H15FN2S. The lowest BCUT2D eigenvalue weighted by Crippen LogP contribution is -2.38. The molecule has 17 heavy (non-hydrogen) atoms. The van der Waals surface area contributed by atoms with Gasteiger partial charge in [0.05, 0.1) is 10.2 Å². The van der Waals surface area contributed by atoms with Gasteiger partial charge in [-0.2, -0.15) is 0 Å². The van der Waals surface area contributed by atoms with Crippen LogP contribution < -0.4 is 5.73 Å². The molecule has 0 amide bonds. The number of fused-ring (bicyclic) bond motifs is 1. The number of hydrogen-bond donors (Lipinski definition) is 1. The first-order valence-electron chi connectivity index (χ1n) is 5.92. The van der Waals surface area contributed by atoms with E-state index < -0.39 is 0 Å². The number of rotatable bonds is 1. The van der Waals surface area contributed by atoms with Crippen molar-refractivity contribution in [3.05, 3.63) is 29.0 Å². The van der Waals surface area contributed by atoms with Gasteiger partial charge in [0.25, 0.3) is 0 Å². The Morgan fingerprint density at radius 3 is 3.06 bits per heavy atom. The Morgan fingerprint density at radius 2 is 2.35 bits per heavy atom. The van der Waals surface area contributed by atoms with Crippen molar-refractivity contribution >= 4 is 21.6 Å². The molecule has 2 nitrogen and oxygen atoms in total. The van der Waals surface area contributed by atoms with Crippen LogP contribution in [0.5, 0.6) is 0 Å². The van der Waals surface area contributed by atoms with Crippen LogP contribution in [-0.4, -0.2) is 11.0 Å². The maximum atomic E-state index is 13.1. The molecule has 1 aliphatic carbocycles. The highest BCUT2D eigenvalue weighted by Crippen LogP contribution is 2.42. The summed E-state index contributed by atoms with van der Waals surface area (Å²) in [5.74, 6) is -0.200. The maximum Gasteiger partial charge on any atom is 0.124 e. The molecule has 1 aromatic heterocycles. The van der Waals surface area contributed by atoms with Crippen molar-refractivity contribution in [2.24, 2.45) is 5.73 Å². The molecule has 1 heterocycles. The van der Waals surface area contributed by atoms with E-state index in [1.807, 2.05) is 0 Å². The van der Waals surface area contributed by atoms with E-state index >= 15 is 0 Å². The molecule has 2 atom stereocenters. The van der Waals surface area contributed by atoms with Gasteiger partial charge in [-0.25, -0.2) is 9.37 Å². The van der Waals surface area contributed by atoms with E-state index in [1.165, 1.54) is 6.07 Å². The third-order valence-electron chi connectivity index (χ3n) is 3.87. The Balaban J connectivity index is 2.12. The van der Waals surface area contributed by atoms with Gasteiger partial charge in [-0.3, -0.25) is 0 Å². The van der Waals surface area contributed by atoms with E-state index in [0.29, 0.717) is 0 Å². The molecule has 2 aromatic rings. The Morgan fingerprint density at radius 1 is 1.53 bits per heavy atom. The molecule has 0 bridgehead atoms. The monoisotopic (exact) mass is 250 g/mol. The number of halogens is 1. The fraction of sp³-hybridized carbons (Fsp3) is 0.462. The van der Waals surface area contributed by atoms with Crippen molar-refractivity contribution < 1.29 is 4.39 Å². The SMILES string of the molecule is CC1(c2nc3ccc(F)cc3s2)CCCC1N. The lowest BCUT2D eigenvalue weighted by atomic mass is 9.86. The highest BCUT2D eigenvalue weighted by Gasteiger charge is 2.40. The molecule has 1 fully saturated rings. The fourth-order valence-corrected chi connectivity index (χ4v) is 3.83. The zero-order valence-corrected chi connectivity index (χ0v) is 10.6. The molecule has 0 aliphatic heterocycles. The van der Waals surface area contributed by atoms with E-state index in [-0.39, 0.29) is 17.3 Å². The molecule has 2 unspecified atom stereocenters. The topological polar surface area (TPSA) is 38.9 Å². The summed E-state index contributed by atoms with van der Waals surface area (Å²) in [6.07, 6.45) is 3.29. The van der Waals surface area contributed by atoms with E-state index in [1.54, 1.807) is 23.5 Å². The van der Waals surface area contributed by atoms with E-state index in [0.717, 1.165) is 34.5 Å². The molecule has 3 rings (SSSR count). The molecule has 0 spiro atoms. The quantitative estimate of drug-likeness (QED) is 0.844. The Bertz CT molecular complexity index is 566. The highest BCUT2D eigenvalue weighted by atomic mass is 32.1. The van der Waals surface area contributed by atoms with Crippen LogP contribution in [0, 0.1) is 5.82 Å². The molecule has 4 heteroatoms. The number of aromatic nitrogens is 1. The Labute approximate surface area is 104 Å². The second-order valence-electron chi connectivity index (χ2n) is 5.05. The zero-order chi connectivity index (χ0) is 12.0. The average Bonchev–Trinajstić information content (AvgIpc) is 2.84. The van der Waals surface area contributed by atoms with Gasteiger partial charge in [0.15, 0.2) is 0 Å². The lowest BCUT2D eigenvalue weighted by molar-refractivity contribution is 0.428. The van der Waals surface area contributed by atoms with Gasteiger partial charge in [-0.15, -0.1) is 11.3 Å². The van der Waals surface area contributed by atoms with Crippen LogP contribution in [0.15, 0.2) is 18.2 Å². The van der Waals surface area contributed by atoms with Crippen molar-refractivity contribution in [2.75, 3.05) is 0 Å². The van der Waals surface area contributed by atoms with Crippen LogP contribution in [0.1, 0.15) is 31.2 Å². The van der Waals surface area contributed by atoms with E-state index in [2.05, 4.69) is 11.9 Å². The minimum absolute atomic E-state index is 0.0276. The van der Waals surface area contributed by atoms with Crippen molar-refractivity contribution in [1.82, 2.24) is 4.98 Å². The second-order valence-corrected chi connectivity index (χ2v) is 6.08. The number of hydrogen-bond acceptors (Lipinski definition) is 3.